The van der Waals surface area contributed by atoms with E-state index in [1.54, 1.807) is 30.1 Å². The zero-order chi connectivity index (χ0) is 19.5. The number of nitrogens with one attached hydrogen (secondary N) is 2. The van der Waals surface area contributed by atoms with Crippen molar-refractivity contribution in [2.75, 3.05) is 16.4 Å². The van der Waals surface area contributed by atoms with Crippen LogP contribution in [0.25, 0.3) is 0 Å². The van der Waals surface area contributed by atoms with Crippen LogP contribution in [0.5, 0.6) is 0 Å². The maximum absolute atomic E-state index is 12.6. The van der Waals surface area contributed by atoms with E-state index in [1.165, 1.54) is 11.3 Å². The number of halogens is 1. The zero-order valence-corrected chi connectivity index (χ0v) is 17.1. The minimum atomic E-state index is -0.251. The van der Waals surface area contributed by atoms with Crippen LogP contribution in [0, 0.1) is 0 Å². The highest BCUT2D eigenvalue weighted by atomic mass is 35.5. The van der Waals surface area contributed by atoms with Gasteiger partial charge in [0.25, 0.3) is 5.91 Å². The normalized spacial score (nSPS) is 13.4. The Labute approximate surface area is 175 Å². The molecule has 0 saturated heterocycles. The number of aromatic nitrogens is 1. The summed E-state index contributed by atoms with van der Waals surface area (Å²) in [6.45, 7) is 0. The summed E-state index contributed by atoms with van der Waals surface area (Å²) in [5.74, 6) is 0.453. The third kappa shape index (κ3) is 4.55. The molecular formula is C20H16ClN3O2S2. The lowest BCUT2D eigenvalue weighted by Crippen LogP contribution is -2.14. The first-order valence-electron chi connectivity index (χ1n) is 8.64. The molecule has 28 heavy (non-hydrogen) atoms. The summed E-state index contributed by atoms with van der Waals surface area (Å²) in [5, 5.41) is 6.94. The summed E-state index contributed by atoms with van der Waals surface area (Å²) >= 11 is 8.96. The second kappa shape index (κ2) is 8.34. The van der Waals surface area contributed by atoms with Crippen molar-refractivity contribution in [2.24, 2.45) is 0 Å². The molecule has 0 radical (unpaired) electrons. The molecular weight excluding hydrogens is 414 g/mol. The van der Waals surface area contributed by atoms with Crippen LogP contribution in [-0.2, 0) is 11.2 Å². The molecule has 0 atom stereocenters. The molecule has 5 nitrogen and oxygen atoms in total. The average Bonchev–Trinajstić information content (AvgIpc) is 3.02. The fourth-order valence-corrected chi connectivity index (χ4v) is 4.69. The van der Waals surface area contributed by atoms with Crippen LogP contribution in [0.3, 0.4) is 0 Å². The molecule has 2 N–H and O–H groups in total. The van der Waals surface area contributed by atoms with Gasteiger partial charge in [-0.2, -0.15) is 0 Å². The van der Waals surface area contributed by atoms with Crippen LogP contribution >= 0.6 is 34.7 Å². The van der Waals surface area contributed by atoms with Crippen molar-refractivity contribution >= 4 is 57.3 Å². The summed E-state index contributed by atoms with van der Waals surface area (Å²) in [5.41, 5.74) is 2.30. The molecule has 3 aromatic rings. The van der Waals surface area contributed by atoms with Crippen molar-refractivity contribution in [1.82, 2.24) is 4.98 Å². The van der Waals surface area contributed by atoms with E-state index in [0.29, 0.717) is 27.8 Å². The van der Waals surface area contributed by atoms with Crippen LogP contribution in [0.2, 0.25) is 5.02 Å². The van der Waals surface area contributed by atoms with Gasteiger partial charge in [-0.25, -0.2) is 4.98 Å². The van der Waals surface area contributed by atoms with E-state index >= 15 is 0 Å². The number of carbonyl (C=O) groups is 2. The molecule has 0 aliphatic carbocycles. The minimum Gasteiger partial charge on any atom is -0.325 e. The fourth-order valence-electron chi connectivity index (χ4n) is 2.78. The Morgan fingerprint density at radius 1 is 1.21 bits per heavy atom. The van der Waals surface area contributed by atoms with Gasteiger partial charge >= 0.3 is 0 Å². The lowest BCUT2D eigenvalue weighted by Gasteiger charge is -2.08. The molecule has 0 unspecified atom stereocenters. The first kappa shape index (κ1) is 19.0. The third-order valence-electron chi connectivity index (χ3n) is 4.17. The molecule has 0 bridgehead atoms. The van der Waals surface area contributed by atoms with Crippen molar-refractivity contribution in [3.63, 3.8) is 0 Å². The van der Waals surface area contributed by atoms with Crippen molar-refractivity contribution in [1.29, 1.82) is 0 Å². The topological polar surface area (TPSA) is 71.1 Å². The number of fused-ring (bicyclic) bond motifs is 1. The number of hydrogen-bond acceptors (Lipinski definition) is 5. The van der Waals surface area contributed by atoms with Gasteiger partial charge in [0, 0.05) is 45.2 Å². The molecule has 2 heterocycles. The summed E-state index contributed by atoms with van der Waals surface area (Å²) in [7, 11) is 0. The number of thioether (sulfide) groups is 1. The predicted octanol–water partition coefficient (Wildman–Crippen LogP) is 5.07. The van der Waals surface area contributed by atoms with E-state index in [9.17, 15) is 9.59 Å². The van der Waals surface area contributed by atoms with Gasteiger partial charge in [-0.15, -0.1) is 23.1 Å². The van der Waals surface area contributed by atoms with E-state index in [2.05, 4.69) is 15.6 Å². The van der Waals surface area contributed by atoms with Crippen molar-refractivity contribution in [3.05, 3.63) is 69.7 Å². The van der Waals surface area contributed by atoms with Crippen LogP contribution in [-0.4, -0.2) is 22.6 Å². The zero-order valence-electron chi connectivity index (χ0n) is 14.7. The van der Waals surface area contributed by atoms with Gasteiger partial charge < -0.3 is 5.32 Å². The molecule has 2 aromatic carbocycles. The van der Waals surface area contributed by atoms with Crippen LogP contribution < -0.4 is 10.6 Å². The monoisotopic (exact) mass is 429 g/mol. The van der Waals surface area contributed by atoms with Crippen molar-refractivity contribution < 1.29 is 9.59 Å². The quantitative estimate of drug-likeness (QED) is 0.607. The molecule has 8 heteroatoms. The second-order valence-corrected chi connectivity index (χ2v) is 8.94. The smallest absolute Gasteiger partial charge is 0.257 e. The Kier molecular flexibility index (Phi) is 5.66. The Bertz CT molecular complexity index is 1030. The summed E-state index contributed by atoms with van der Waals surface area (Å²) in [6.07, 6.45) is 2.96. The molecule has 1 aliphatic heterocycles. The Hall–Kier alpha value is -2.35. The van der Waals surface area contributed by atoms with Gasteiger partial charge in [0.1, 0.15) is 0 Å². The summed E-state index contributed by atoms with van der Waals surface area (Å²) in [4.78, 5) is 30.7. The minimum absolute atomic E-state index is 0.0319. The lowest BCUT2D eigenvalue weighted by molar-refractivity contribution is -0.115. The van der Waals surface area contributed by atoms with E-state index in [0.717, 1.165) is 27.5 Å². The highest BCUT2D eigenvalue weighted by molar-refractivity contribution is 7.99. The first-order chi connectivity index (χ1) is 13.6. The molecule has 0 spiro atoms. The second-order valence-electron chi connectivity index (χ2n) is 6.25. The Balaban J connectivity index is 1.45. The molecule has 4 rings (SSSR count). The van der Waals surface area contributed by atoms with Crippen molar-refractivity contribution in [3.8, 4) is 0 Å². The molecule has 142 valence electrons. The van der Waals surface area contributed by atoms with Gasteiger partial charge in [0.05, 0.1) is 5.69 Å². The number of thiazole rings is 1. The summed E-state index contributed by atoms with van der Waals surface area (Å²) in [6, 6.07) is 13.0. The van der Waals surface area contributed by atoms with E-state index in [1.807, 2.05) is 30.3 Å². The predicted molar refractivity (Wildman–Crippen MR) is 115 cm³/mol. The number of amides is 2. The summed E-state index contributed by atoms with van der Waals surface area (Å²) < 4.78 is 0. The maximum atomic E-state index is 12.6. The van der Waals surface area contributed by atoms with Gasteiger partial charge in [0.2, 0.25) is 5.91 Å². The first-order valence-corrected chi connectivity index (χ1v) is 10.8. The molecule has 2 amide bonds. The number of rotatable bonds is 4. The fraction of sp³-hybridized carbons (Fsp3) is 0.150. The average molecular weight is 430 g/mol. The highest BCUT2D eigenvalue weighted by Gasteiger charge is 2.16. The third-order valence-corrected chi connectivity index (χ3v) is 6.41. The number of carbonyl (C=O) groups excluding carboxylic acids is 2. The molecule has 1 aromatic heterocycles. The van der Waals surface area contributed by atoms with E-state index in [4.69, 9.17) is 11.6 Å². The van der Waals surface area contributed by atoms with Crippen molar-refractivity contribution in [2.45, 2.75) is 17.7 Å². The van der Waals surface area contributed by atoms with Crippen LogP contribution in [0.1, 0.15) is 27.2 Å². The van der Waals surface area contributed by atoms with E-state index in [-0.39, 0.29) is 11.8 Å². The van der Waals surface area contributed by atoms with E-state index < -0.39 is 0 Å². The highest BCUT2D eigenvalue weighted by Crippen LogP contribution is 2.32. The molecule has 1 aliphatic rings. The number of anilines is 2. The van der Waals surface area contributed by atoms with Crippen LogP contribution in [0.15, 0.2) is 53.6 Å². The van der Waals surface area contributed by atoms with Crippen LogP contribution in [0.4, 0.5) is 10.8 Å². The molecule has 0 saturated carbocycles. The lowest BCUT2D eigenvalue weighted by atomic mass is 10.1. The number of hydrogen-bond donors (Lipinski definition) is 2. The van der Waals surface area contributed by atoms with Gasteiger partial charge in [-0.1, -0.05) is 23.7 Å². The van der Waals surface area contributed by atoms with Gasteiger partial charge in [0.15, 0.2) is 5.13 Å². The molecule has 0 fully saturated rings. The number of nitrogens with zero attached hydrogens (tertiary/aromatic N) is 1. The largest absolute Gasteiger partial charge is 0.325 e. The SMILES string of the molecule is O=C1CCSc2ccc(C(=O)Nc3ncc(Cc4ccc(Cl)cc4)s3)cc2N1. The van der Waals surface area contributed by atoms with Gasteiger partial charge in [-0.3, -0.25) is 14.9 Å². The van der Waals surface area contributed by atoms with Gasteiger partial charge in [-0.05, 0) is 35.9 Å². The Morgan fingerprint density at radius 3 is 2.86 bits per heavy atom. The Morgan fingerprint density at radius 2 is 2.04 bits per heavy atom. The maximum Gasteiger partial charge on any atom is 0.257 e. The number of benzene rings is 2. The standard InChI is InChI=1S/C20H16ClN3O2S2/c21-14-4-1-12(2-5-14)9-15-11-22-20(28-15)24-19(26)13-3-6-17-16(10-13)23-18(25)7-8-27-17/h1-6,10-11H,7-9H2,(H,23,25)(H,22,24,26).